The van der Waals surface area contributed by atoms with Crippen molar-refractivity contribution in [3.8, 4) is 0 Å². The van der Waals surface area contributed by atoms with Gasteiger partial charge in [0.25, 0.3) is 0 Å². The number of aromatic nitrogens is 1. The molecule has 1 N–H and O–H groups in total. The molecule has 6 heteroatoms. The van der Waals surface area contributed by atoms with Gasteiger partial charge in [-0.05, 0) is 49.8 Å². The van der Waals surface area contributed by atoms with Crippen molar-refractivity contribution in [2.75, 3.05) is 20.3 Å². The van der Waals surface area contributed by atoms with Crippen LogP contribution in [0.3, 0.4) is 0 Å². The Hall–Kier alpha value is -1.50. The summed E-state index contributed by atoms with van der Waals surface area (Å²) in [4.78, 5) is 9.45. The van der Waals surface area contributed by atoms with E-state index in [4.69, 9.17) is 17.0 Å². The van der Waals surface area contributed by atoms with E-state index in [1.165, 1.54) is 9.75 Å². The van der Waals surface area contributed by atoms with Crippen LogP contribution in [0.25, 0.3) is 0 Å². The van der Waals surface area contributed by atoms with E-state index in [1.54, 1.807) is 7.11 Å². The van der Waals surface area contributed by atoms with Crippen LogP contribution in [0.2, 0.25) is 0 Å². The molecular formula is C17H21N3OS2. The van der Waals surface area contributed by atoms with Crippen molar-refractivity contribution in [3.05, 3.63) is 52.0 Å². The number of nitrogens with zero attached hydrogens (tertiary/aromatic N) is 2. The molecule has 1 aliphatic rings. The minimum absolute atomic E-state index is 0.0873. The van der Waals surface area contributed by atoms with Gasteiger partial charge in [0.05, 0.1) is 17.8 Å². The van der Waals surface area contributed by atoms with E-state index in [1.807, 2.05) is 29.7 Å². The number of pyridine rings is 1. The summed E-state index contributed by atoms with van der Waals surface area (Å²) < 4.78 is 5.19. The number of thiocarbonyl (C=S) groups is 1. The predicted molar refractivity (Wildman–Crippen MR) is 97.7 cm³/mol. The van der Waals surface area contributed by atoms with Crippen molar-refractivity contribution < 1.29 is 4.74 Å². The fourth-order valence-electron chi connectivity index (χ4n) is 2.95. The Morgan fingerprint density at radius 1 is 1.35 bits per heavy atom. The Kier molecular flexibility index (Phi) is 5.25. The molecule has 0 unspecified atom stereocenters. The van der Waals surface area contributed by atoms with Crippen LogP contribution in [-0.2, 0) is 4.74 Å². The van der Waals surface area contributed by atoms with Crippen molar-refractivity contribution >= 4 is 28.7 Å². The molecule has 2 atom stereocenters. The fourth-order valence-corrected chi connectivity index (χ4v) is 4.31. The minimum Gasteiger partial charge on any atom is -0.385 e. The number of aryl methyl sites for hydroxylation is 1. The van der Waals surface area contributed by atoms with Gasteiger partial charge in [0.15, 0.2) is 5.11 Å². The first-order valence-corrected chi connectivity index (χ1v) is 8.96. The average molecular weight is 348 g/mol. The molecule has 3 rings (SSSR count). The van der Waals surface area contributed by atoms with E-state index in [0.717, 1.165) is 30.4 Å². The molecule has 0 radical (unpaired) electrons. The molecule has 0 saturated carbocycles. The highest BCUT2D eigenvalue weighted by Crippen LogP contribution is 2.41. The van der Waals surface area contributed by atoms with Crippen LogP contribution in [0.15, 0.2) is 36.5 Å². The smallest absolute Gasteiger partial charge is 0.170 e. The Balaban J connectivity index is 1.91. The molecule has 1 saturated heterocycles. The number of methoxy groups -OCH3 is 1. The molecule has 4 nitrogen and oxygen atoms in total. The Morgan fingerprint density at radius 3 is 2.87 bits per heavy atom. The third kappa shape index (κ3) is 3.54. The SMILES string of the molecule is COCCCN1C(=S)N[C@H](c2ccccn2)[C@@H]1c1ccc(C)s1. The monoisotopic (exact) mass is 347 g/mol. The van der Waals surface area contributed by atoms with Crippen LogP contribution in [0.1, 0.15) is 34.0 Å². The van der Waals surface area contributed by atoms with Gasteiger partial charge in [-0.2, -0.15) is 0 Å². The summed E-state index contributed by atoms with van der Waals surface area (Å²) in [6.07, 6.45) is 2.79. The number of ether oxygens (including phenoxy) is 1. The van der Waals surface area contributed by atoms with E-state index in [-0.39, 0.29) is 12.1 Å². The Morgan fingerprint density at radius 2 is 2.22 bits per heavy atom. The van der Waals surface area contributed by atoms with Crippen LogP contribution >= 0.6 is 23.6 Å². The lowest BCUT2D eigenvalue weighted by Crippen LogP contribution is -2.30. The van der Waals surface area contributed by atoms with E-state index < -0.39 is 0 Å². The molecule has 0 amide bonds. The van der Waals surface area contributed by atoms with Crippen LogP contribution < -0.4 is 5.32 Å². The second kappa shape index (κ2) is 7.38. The summed E-state index contributed by atoms with van der Waals surface area (Å²) in [5, 5.41) is 4.26. The van der Waals surface area contributed by atoms with Gasteiger partial charge in [0.1, 0.15) is 0 Å². The van der Waals surface area contributed by atoms with Crippen molar-refractivity contribution in [1.29, 1.82) is 0 Å². The van der Waals surface area contributed by atoms with E-state index >= 15 is 0 Å². The normalized spacial score (nSPS) is 20.8. The van der Waals surface area contributed by atoms with Gasteiger partial charge in [0, 0.05) is 36.2 Å². The predicted octanol–water partition coefficient (Wildman–Crippen LogP) is 3.46. The highest BCUT2D eigenvalue weighted by Gasteiger charge is 2.40. The average Bonchev–Trinajstić information content (AvgIpc) is 3.12. The van der Waals surface area contributed by atoms with Gasteiger partial charge >= 0.3 is 0 Å². The van der Waals surface area contributed by atoms with Crippen LogP contribution in [-0.4, -0.2) is 35.3 Å². The van der Waals surface area contributed by atoms with Crippen molar-refractivity contribution in [1.82, 2.24) is 15.2 Å². The third-order valence-corrected chi connectivity index (χ3v) is 5.42. The van der Waals surface area contributed by atoms with Crippen LogP contribution in [0.5, 0.6) is 0 Å². The summed E-state index contributed by atoms with van der Waals surface area (Å²) in [6, 6.07) is 10.7. The maximum atomic E-state index is 5.60. The molecule has 1 aliphatic heterocycles. The first kappa shape index (κ1) is 16.4. The van der Waals surface area contributed by atoms with Gasteiger partial charge in [-0.25, -0.2) is 0 Å². The molecule has 3 heterocycles. The summed E-state index contributed by atoms with van der Waals surface area (Å²) in [7, 11) is 1.73. The summed E-state index contributed by atoms with van der Waals surface area (Å²) in [5.74, 6) is 0. The van der Waals surface area contributed by atoms with Crippen molar-refractivity contribution in [3.63, 3.8) is 0 Å². The number of hydrogen-bond acceptors (Lipinski definition) is 4. The summed E-state index contributed by atoms with van der Waals surface area (Å²) in [5.41, 5.74) is 1.03. The first-order valence-electron chi connectivity index (χ1n) is 7.74. The first-order chi connectivity index (χ1) is 11.2. The second-order valence-corrected chi connectivity index (χ2v) is 7.32. The Labute approximate surface area is 146 Å². The topological polar surface area (TPSA) is 37.4 Å². The lowest BCUT2D eigenvalue weighted by atomic mass is 10.0. The van der Waals surface area contributed by atoms with Gasteiger partial charge in [-0.15, -0.1) is 11.3 Å². The maximum Gasteiger partial charge on any atom is 0.170 e. The molecule has 122 valence electrons. The molecule has 0 bridgehead atoms. The van der Waals surface area contributed by atoms with E-state index in [9.17, 15) is 0 Å². The van der Waals surface area contributed by atoms with Crippen LogP contribution in [0, 0.1) is 6.92 Å². The lowest BCUT2D eigenvalue weighted by Gasteiger charge is -2.26. The molecule has 0 aromatic carbocycles. The Bertz CT molecular complexity index is 659. The van der Waals surface area contributed by atoms with E-state index in [2.05, 4.69) is 40.3 Å². The zero-order valence-corrected chi connectivity index (χ0v) is 15.0. The zero-order valence-electron chi connectivity index (χ0n) is 13.4. The van der Waals surface area contributed by atoms with Gasteiger partial charge < -0.3 is 15.0 Å². The highest BCUT2D eigenvalue weighted by atomic mass is 32.1. The number of thiophene rings is 1. The van der Waals surface area contributed by atoms with E-state index in [0.29, 0.717) is 0 Å². The molecule has 23 heavy (non-hydrogen) atoms. The van der Waals surface area contributed by atoms with Gasteiger partial charge in [-0.1, -0.05) is 6.07 Å². The lowest BCUT2D eigenvalue weighted by molar-refractivity contribution is 0.181. The van der Waals surface area contributed by atoms with Crippen molar-refractivity contribution in [2.24, 2.45) is 0 Å². The zero-order chi connectivity index (χ0) is 16.2. The second-order valence-electron chi connectivity index (χ2n) is 5.61. The maximum absolute atomic E-state index is 5.60. The number of hydrogen-bond donors (Lipinski definition) is 1. The molecular weight excluding hydrogens is 326 g/mol. The minimum atomic E-state index is 0.0873. The fraction of sp³-hybridized carbons (Fsp3) is 0.412. The molecule has 0 aliphatic carbocycles. The highest BCUT2D eigenvalue weighted by molar-refractivity contribution is 7.80. The third-order valence-electron chi connectivity index (χ3n) is 4.00. The number of nitrogens with one attached hydrogen (secondary N) is 1. The molecule has 2 aromatic heterocycles. The largest absolute Gasteiger partial charge is 0.385 e. The quantitative estimate of drug-likeness (QED) is 0.640. The molecule has 2 aromatic rings. The van der Waals surface area contributed by atoms with Gasteiger partial charge in [-0.3, -0.25) is 4.98 Å². The van der Waals surface area contributed by atoms with Gasteiger partial charge in [0.2, 0.25) is 0 Å². The summed E-state index contributed by atoms with van der Waals surface area (Å²) >= 11 is 7.43. The van der Waals surface area contributed by atoms with Crippen molar-refractivity contribution in [2.45, 2.75) is 25.4 Å². The van der Waals surface area contributed by atoms with Crippen LogP contribution in [0.4, 0.5) is 0 Å². The standard InChI is InChI=1S/C17H21N3OS2/c1-12-7-8-14(23-12)16-15(13-6-3-4-9-18-13)19-17(22)20(16)10-5-11-21-2/h3-4,6-9,15-16H,5,10-11H2,1-2H3,(H,19,22)/t15-,16+/m1/s1. The molecule has 1 fully saturated rings. The number of rotatable bonds is 6. The summed E-state index contributed by atoms with van der Waals surface area (Å²) in [6.45, 7) is 3.76. The molecule has 0 spiro atoms.